The molecule has 2 N–H and O–H groups in total. The van der Waals surface area contributed by atoms with Crippen molar-refractivity contribution in [1.82, 2.24) is 4.72 Å². The van der Waals surface area contributed by atoms with Crippen LogP contribution >= 0.6 is 0 Å². The molecule has 1 aliphatic rings. The van der Waals surface area contributed by atoms with Gasteiger partial charge in [0.1, 0.15) is 0 Å². The summed E-state index contributed by atoms with van der Waals surface area (Å²) in [4.78, 5) is 10.7. The average Bonchev–Trinajstić information content (AvgIpc) is 2.58. The lowest BCUT2D eigenvalue weighted by atomic mass is 9.94. The Kier molecular flexibility index (Phi) is 4.55. The van der Waals surface area contributed by atoms with Crippen molar-refractivity contribution >= 4 is 16.0 Å². The number of carbonyl (C=O) groups is 1. The zero-order valence-corrected chi connectivity index (χ0v) is 11.3. The number of aliphatic carboxylic acids is 1. The van der Waals surface area contributed by atoms with E-state index in [2.05, 4.69) is 11.6 Å². The minimum Gasteiger partial charge on any atom is -0.480 e. The molecule has 0 aromatic rings. The third-order valence-corrected chi connectivity index (χ3v) is 5.64. The lowest BCUT2D eigenvalue weighted by Crippen LogP contribution is -2.44. The first kappa shape index (κ1) is 14.4. The minimum atomic E-state index is -3.76. The Morgan fingerprint density at radius 1 is 1.47 bits per heavy atom. The molecular formula is C11H21NO4S. The molecule has 0 spiro atoms. The zero-order valence-electron chi connectivity index (χ0n) is 10.5. The first-order valence-electron chi connectivity index (χ1n) is 6.03. The summed E-state index contributed by atoms with van der Waals surface area (Å²) >= 11 is 0. The van der Waals surface area contributed by atoms with Gasteiger partial charge in [0.25, 0.3) is 0 Å². The number of hydrogen-bond donors (Lipinski definition) is 2. The molecule has 0 aromatic heterocycles. The molecule has 0 aromatic carbocycles. The summed E-state index contributed by atoms with van der Waals surface area (Å²) in [5.74, 6) is -0.506. The van der Waals surface area contributed by atoms with Gasteiger partial charge in [0, 0.05) is 6.04 Å². The number of carboxylic acids is 1. The van der Waals surface area contributed by atoms with Gasteiger partial charge >= 0.3 is 5.97 Å². The van der Waals surface area contributed by atoms with Crippen molar-refractivity contribution in [2.24, 2.45) is 11.8 Å². The smallest absolute Gasteiger partial charge is 0.323 e. The molecule has 0 bridgehead atoms. The van der Waals surface area contributed by atoms with Crippen molar-refractivity contribution in [2.75, 3.05) is 0 Å². The maximum Gasteiger partial charge on any atom is 0.323 e. The van der Waals surface area contributed by atoms with E-state index in [-0.39, 0.29) is 12.0 Å². The van der Waals surface area contributed by atoms with E-state index in [4.69, 9.17) is 5.11 Å². The third kappa shape index (κ3) is 3.19. The predicted octanol–water partition coefficient (Wildman–Crippen LogP) is 1.20. The monoisotopic (exact) mass is 263 g/mol. The maximum absolute atomic E-state index is 11.8. The molecule has 5 nitrogen and oxygen atoms in total. The normalized spacial score (nSPS) is 31.4. The Morgan fingerprint density at radius 2 is 2.06 bits per heavy atom. The molecule has 17 heavy (non-hydrogen) atoms. The summed E-state index contributed by atoms with van der Waals surface area (Å²) < 4.78 is 26.1. The number of sulfonamides is 1. The van der Waals surface area contributed by atoms with Gasteiger partial charge in [-0.15, -0.1) is 0 Å². The van der Waals surface area contributed by atoms with E-state index in [9.17, 15) is 13.2 Å². The molecule has 0 radical (unpaired) electrons. The van der Waals surface area contributed by atoms with Crippen molar-refractivity contribution in [2.45, 2.75) is 51.3 Å². The van der Waals surface area contributed by atoms with Gasteiger partial charge in [0.05, 0.1) is 0 Å². The predicted molar refractivity (Wildman–Crippen MR) is 65.1 cm³/mol. The van der Waals surface area contributed by atoms with E-state index in [0.717, 1.165) is 19.3 Å². The van der Waals surface area contributed by atoms with Crippen LogP contribution < -0.4 is 4.72 Å². The van der Waals surface area contributed by atoms with Crippen LogP contribution in [0.25, 0.3) is 0 Å². The fourth-order valence-corrected chi connectivity index (χ4v) is 3.66. The molecule has 0 saturated heterocycles. The molecular weight excluding hydrogens is 242 g/mol. The lowest BCUT2D eigenvalue weighted by molar-refractivity contribution is -0.136. The highest BCUT2D eigenvalue weighted by Gasteiger charge is 2.37. The highest BCUT2D eigenvalue weighted by molar-refractivity contribution is 7.90. The van der Waals surface area contributed by atoms with E-state index in [1.165, 1.54) is 6.92 Å². The molecule has 0 amide bonds. The lowest BCUT2D eigenvalue weighted by Gasteiger charge is -2.22. The topological polar surface area (TPSA) is 83.5 Å². The van der Waals surface area contributed by atoms with Crippen molar-refractivity contribution in [3.8, 4) is 0 Å². The van der Waals surface area contributed by atoms with Crippen LogP contribution in [-0.4, -0.2) is 30.8 Å². The first-order chi connectivity index (χ1) is 7.79. The second kappa shape index (κ2) is 5.35. The SMILES string of the molecule is CCC1CCC(NS(=O)(=O)C(C)C(=O)O)C1C. The first-order valence-corrected chi connectivity index (χ1v) is 7.58. The van der Waals surface area contributed by atoms with E-state index in [1.54, 1.807) is 0 Å². The van der Waals surface area contributed by atoms with Gasteiger partial charge in [-0.2, -0.15) is 0 Å². The van der Waals surface area contributed by atoms with Crippen molar-refractivity contribution in [1.29, 1.82) is 0 Å². The number of nitrogens with one attached hydrogen (secondary N) is 1. The molecule has 0 aliphatic heterocycles. The Balaban J connectivity index is 2.70. The Labute approximate surface area is 103 Å². The van der Waals surface area contributed by atoms with Gasteiger partial charge in [0.2, 0.25) is 10.0 Å². The van der Waals surface area contributed by atoms with E-state index >= 15 is 0 Å². The van der Waals surface area contributed by atoms with Crippen LogP contribution in [0.3, 0.4) is 0 Å². The molecule has 4 unspecified atom stereocenters. The minimum absolute atomic E-state index is 0.119. The Bertz CT molecular complexity index is 379. The summed E-state index contributed by atoms with van der Waals surface area (Å²) in [5.41, 5.74) is 0. The molecule has 0 heterocycles. The summed E-state index contributed by atoms with van der Waals surface area (Å²) in [6.45, 7) is 5.32. The van der Waals surface area contributed by atoms with Crippen LogP contribution in [0.15, 0.2) is 0 Å². The molecule has 1 saturated carbocycles. The average molecular weight is 263 g/mol. The second-order valence-corrected chi connectivity index (χ2v) is 6.89. The summed E-state index contributed by atoms with van der Waals surface area (Å²) in [5, 5.41) is 7.34. The van der Waals surface area contributed by atoms with Crippen LogP contribution in [0.4, 0.5) is 0 Å². The fourth-order valence-electron chi connectivity index (χ4n) is 2.44. The van der Waals surface area contributed by atoms with Gasteiger partial charge in [0.15, 0.2) is 5.25 Å². The third-order valence-electron chi connectivity index (χ3n) is 3.88. The highest BCUT2D eigenvalue weighted by Crippen LogP contribution is 2.34. The van der Waals surface area contributed by atoms with E-state index in [0.29, 0.717) is 5.92 Å². The Hall–Kier alpha value is -0.620. The van der Waals surface area contributed by atoms with Crippen molar-refractivity contribution in [3.63, 3.8) is 0 Å². The number of carboxylic acid groups (broad SMARTS) is 1. The summed E-state index contributed by atoms with van der Waals surface area (Å²) in [6, 6.07) is -0.119. The van der Waals surface area contributed by atoms with Gasteiger partial charge in [-0.1, -0.05) is 20.3 Å². The van der Waals surface area contributed by atoms with Crippen LogP contribution in [0.1, 0.15) is 40.0 Å². The van der Waals surface area contributed by atoms with E-state index < -0.39 is 21.2 Å². The summed E-state index contributed by atoms with van der Waals surface area (Å²) in [7, 11) is -3.76. The number of hydrogen-bond acceptors (Lipinski definition) is 3. The second-order valence-electron chi connectivity index (χ2n) is 4.85. The maximum atomic E-state index is 11.8. The molecule has 1 fully saturated rings. The molecule has 100 valence electrons. The van der Waals surface area contributed by atoms with Crippen molar-refractivity contribution in [3.05, 3.63) is 0 Å². The molecule has 6 heteroatoms. The zero-order chi connectivity index (χ0) is 13.2. The molecule has 1 aliphatic carbocycles. The number of rotatable bonds is 5. The summed E-state index contributed by atoms with van der Waals surface area (Å²) in [6.07, 6.45) is 2.84. The van der Waals surface area contributed by atoms with Crippen LogP contribution in [0.5, 0.6) is 0 Å². The van der Waals surface area contributed by atoms with Crippen LogP contribution in [0, 0.1) is 11.8 Å². The molecule has 4 atom stereocenters. The largest absolute Gasteiger partial charge is 0.480 e. The fraction of sp³-hybridized carbons (Fsp3) is 0.909. The molecule has 1 rings (SSSR count). The highest BCUT2D eigenvalue weighted by atomic mass is 32.2. The van der Waals surface area contributed by atoms with Crippen LogP contribution in [0.2, 0.25) is 0 Å². The van der Waals surface area contributed by atoms with Gasteiger partial charge in [-0.3, -0.25) is 4.79 Å². The standard InChI is InChI=1S/C11H21NO4S/c1-4-9-5-6-10(7(9)2)12-17(15,16)8(3)11(13)14/h7-10,12H,4-6H2,1-3H3,(H,13,14). The quantitative estimate of drug-likeness (QED) is 0.780. The van der Waals surface area contributed by atoms with Crippen LogP contribution in [-0.2, 0) is 14.8 Å². The van der Waals surface area contributed by atoms with Gasteiger partial charge in [-0.25, -0.2) is 13.1 Å². The van der Waals surface area contributed by atoms with Gasteiger partial charge in [-0.05, 0) is 31.6 Å². The van der Waals surface area contributed by atoms with Gasteiger partial charge < -0.3 is 5.11 Å². The van der Waals surface area contributed by atoms with E-state index in [1.807, 2.05) is 6.92 Å². The Morgan fingerprint density at radius 3 is 2.47 bits per heavy atom. The van der Waals surface area contributed by atoms with Crippen molar-refractivity contribution < 1.29 is 18.3 Å².